The zero-order chi connectivity index (χ0) is 10.7. The summed E-state index contributed by atoms with van der Waals surface area (Å²) < 4.78 is 0. The highest BCUT2D eigenvalue weighted by atomic mass is 35.5. The lowest BCUT2D eigenvalue weighted by atomic mass is 10.3. The van der Waals surface area contributed by atoms with E-state index in [0.717, 1.165) is 0 Å². The molecule has 0 saturated carbocycles. The minimum Gasteiger partial charge on any atom is -0.322 e. The molecule has 0 radical (unpaired) electrons. The minimum atomic E-state index is -0.233. The molecule has 0 heterocycles. The van der Waals surface area contributed by atoms with Crippen molar-refractivity contribution in [3.05, 3.63) is 40.4 Å². The van der Waals surface area contributed by atoms with Crippen LogP contribution in [-0.4, -0.2) is 5.91 Å². The van der Waals surface area contributed by atoms with E-state index in [1.807, 2.05) is 0 Å². The molecule has 0 spiro atoms. The molecule has 0 aromatic heterocycles. The smallest absolute Gasteiger partial charge is 0.250 e. The van der Waals surface area contributed by atoms with Gasteiger partial charge in [0.05, 0.1) is 10.0 Å². The van der Waals surface area contributed by atoms with Crippen LogP contribution in [0.2, 0.25) is 10.0 Å². The highest BCUT2D eigenvalue weighted by Crippen LogP contribution is 2.25. The average molecular weight is 230 g/mol. The van der Waals surface area contributed by atoms with Crippen LogP contribution in [0, 0.1) is 0 Å². The summed E-state index contributed by atoms with van der Waals surface area (Å²) in [5.41, 5.74) is 1.04. The zero-order valence-electron chi connectivity index (χ0n) is 7.60. The van der Waals surface area contributed by atoms with E-state index >= 15 is 0 Å². The Morgan fingerprint density at radius 3 is 2.50 bits per heavy atom. The van der Waals surface area contributed by atoms with Gasteiger partial charge in [-0.05, 0) is 25.1 Å². The average Bonchev–Trinajstić information content (AvgIpc) is 2.11. The Balaban J connectivity index is 2.83. The van der Waals surface area contributed by atoms with E-state index in [-0.39, 0.29) is 5.91 Å². The van der Waals surface area contributed by atoms with Gasteiger partial charge in [-0.3, -0.25) is 4.79 Å². The van der Waals surface area contributed by atoms with Gasteiger partial charge in [-0.15, -0.1) is 0 Å². The molecule has 1 amide bonds. The molecule has 0 aliphatic heterocycles. The van der Waals surface area contributed by atoms with Gasteiger partial charge >= 0.3 is 0 Å². The van der Waals surface area contributed by atoms with Crippen LogP contribution in [-0.2, 0) is 4.79 Å². The van der Waals surface area contributed by atoms with Crippen molar-refractivity contribution < 1.29 is 4.79 Å². The molecule has 1 aromatic rings. The summed E-state index contributed by atoms with van der Waals surface area (Å²) in [5.74, 6) is -0.233. The highest BCUT2D eigenvalue weighted by molar-refractivity contribution is 6.42. The number of nitrogens with one attached hydrogen (secondary N) is 1. The van der Waals surface area contributed by atoms with Crippen LogP contribution >= 0.6 is 23.2 Å². The van der Waals surface area contributed by atoms with E-state index in [0.29, 0.717) is 21.3 Å². The van der Waals surface area contributed by atoms with Crippen molar-refractivity contribution >= 4 is 34.8 Å². The van der Waals surface area contributed by atoms with Gasteiger partial charge in [0.1, 0.15) is 0 Å². The van der Waals surface area contributed by atoms with Crippen molar-refractivity contribution in [2.75, 3.05) is 5.32 Å². The summed E-state index contributed by atoms with van der Waals surface area (Å²) in [5, 5.41) is 3.49. The van der Waals surface area contributed by atoms with Gasteiger partial charge in [0.25, 0.3) is 5.91 Å². The predicted octanol–water partition coefficient (Wildman–Crippen LogP) is 3.51. The number of hydrogen-bond acceptors (Lipinski definition) is 1. The summed E-state index contributed by atoms with van der Waals surface area (Å²) in [6.45, 7) is 5.15. The minimum absolute atomic E-state index is 0.233. The molecule has 1 rings (SSSR count). The summed E-state index contributed by atoms with van der Waals surface area (Å²) in [6.07, 6.45) is 0. The maximum absolute atomic E-state index is 11.2. The quantitative estimate of drug-likeness (QED) is 0.774. The number of amides is 1. The summed E-state index contributed by atoms with van der Waals surface area (Å²) in [6, 6.07) is 4.89. The normalized spacial score (nSPS) is 9.64. The Bertz CT molecular complexity index is 388. The molecule has 0 aliphatic rings. The van der Waals surface area contributed by atoms with E-state index in [1.54, 1.807) is 25.1 Å². The molecule has 2 nitrogen and oxygen atoms in total. The zero-order valence-corrected chi connectivity index (χ0v) is 9.12. The standard InChI is InChI=1S/C10H9Cl2NO/c1-6(2)10(14)13-7-3-4-8(11)9(12)5-7/h3-5H,1H2,2H3,(H,13,14). The second-order valence-electron chi connectivity index (χ2n) is 2.86. The van der Waals surface area contributed by atoms with E-state index in [9.17, 15) is 4.79 Å². The molecule has 0 atom stereocenters. The summed E-state index contributed by atoms with van der Waals surface area (Å²) >= 11 is 11.5. The molecule has 0 bridgehead atoms. The Kier molecular flexibility index (Phi) is 3.55. The molecule has 1 aromatic carbocycles. The molecule has 0 aliphatic carbocycles. The van der Waals surface area contributed by atoms with Gasteiger partial charge in [-0.25, -0.2) is 0 Å². The van der Waals surface area contributed by atoms with Crippen molar-refractivity contribution in [3.8, 4) is 0 Å². The number of benzene rings is 1. The Labute approximate surface area is 92.5 Å². The van der Waals surface area contributed by atoms with Crippen LogP contribution in [0.4, 0.5) is 5.69 Å². The summed E-state index contributed by atoms with van der Waals surface area (Å²) in [7, 11) is 0. The topological polar surface area (TPSA) is 29.1 Å². The van der Waals surface area contributed by atoms with E-state index < -0.39 is 0 Å². The van der Waals surface area contributed by atoms with Gasteiger partial charge in [0.2, 0.25) is 0 Å². The highest BCUT2D eigenvalue weighted by Gasteiger charge is 2.04. The summed E-state index contributed by atoms with van der Waals surface area (Å²) in [4.78, 5) is 11.2. The van der Waals surface area contributed by atoms with E-state index in [2.05, 4.69) is 11.9 Å². The van der Waals surface area contributed by atoms with Crippen LogP contribution < -0.4 is 5.32 Å². The molecule has 74 valence electrons. The van der Waals surface area contributed by atoms with Crippen molar-refractivity contribution in [2.24, 2.45) is 0 Å². The number of carbonyl (C=O) groups excluding carboxylic acids is 1. The second kappa shape index (κ2) is 4.49. The first kappa shape index (κ1) is 11.1. The Morgan fingerprint density at radius 1 is 1.36 bits per heavy atom. The SMILES string of the molecule is C=C(C)C(=O)Nc1ccc(Cl)c(Cl)c1. The fourth-order valence-corrected chi connectivity index (χ4v) is 1.11. The number of halogens is 2. The van der Waals surface area contributed by atoms with Crippen molar-refractivity contribution in [1.82, 2.24) is 0 Å². The Morgan fingerprint density at radius 2 is 2.00 bits per heavy atom. The van der Waals surface area contributed by atoms with Gasteiger partial charge < -0.3 is 5.32 Å². The lowest BCUT2D eigenvalue weighted by Gasteiger charge is -2.05. The Hall–Kier alpha value is -0.990. The molecular formula is C10H9Cl2NO. The first-order valence-electron chi connectivity index (χ1n) is 3.92. The first-order valence-corrected chi connectivity index (χ1v) is 4.68. The lowest BCUT2D eigenvalue weighted by Crippen LogP contribution is -2.11. The fraction of sp³-hybridized carbons (Fsp3) is 0.100. The third-order valence-electron chi connectivity index (χ3n) is 1.57. The third kappa shape index (κ3) is 2.76. The van der Waals surface area contributed by atoms with Crippen LogP contribution in [0.1, 0.15) is 6.92 Å². The molecule has 0 fully saturated rings. The van der Waals surface area contributed by atoms with Crippen LogP contribution in [0.3, 0.4) is 0 Å². The fourth-order valence-electron chi connectivity index (χ4n) is 0.812. The third-order valence-corrected chi connectivity index (χ3v) is 2.30. The molecule has 0 unspecified atom stereocenters. The van der Waals surface area contributed by atoms with Gasteiger partial charge in [0.15, 0.2) is 0 Å². The second-order valence-corrected chi connectivity index (χ2v) is 3.68. The van der Waals surface area contributed by atoms with Gasteiger partial charge in [-0.2, -0.15) is 0 Å². The molecule has 4 heteroatoms. The van der Waals surface area contributed by atoms with Crippen molar-refractivity contribution in [2.45, 2.75) is 6.92 Å². The number of hydrogen-bond donors (Lipinski definition) is 1. The lowest BCUT2D eigenvalue weighted by molar-refractivity contribution is -0.112. The number of rotatable bonds is 2. The van der Waals surface area contributed by atoms with Crippen LogP contribution in [0.25, 0.3) is 0 Å². The number of anilines is 1. The van der Waals surface area contributed by atoms with E-state index in [1.165, 1.54) is 0 Å². The first-order chi connectivity index (χ1) is 6.50. The van der Waals surface area contributed by atoms with Crippen LogP contribution in [0.15, 0.2) is 30.4 Å². The van der Waals surface area contributed by atoms with E-state index in [4.69, 9.17) is 23.2 Å². The van der Waals surface area contributed by atoms with Gasteiger partial charge in [-0.1, -0.05) is 29.8 Å². The molecule has 0 saturated heterocycles. The number of carbonyl (C=O) groups is 1. The van der Waals surface area contributed by atoms with Gasteiger partial charge in [0, 0.05) is 11.3 Å². The monoisotopic (exact) mass is 229 g/mol. The molecular weight excluding hydrogens is 221 g/mol. The maximum atomic E-state index is 11.2. The van der Waals surface area contributed by atoms with Crippen LogP contribution in [0.5, 0.6) is 0 Å². The maximum Gasteiger partial charge on any atom is 0.250 e. The molecule has 1 N–H and O–H groups in total. The largest absolute Gasteiger partial charge is 0.322 e. The molecule has 14 heavy (non-hydrogen) atoms. The van der Waals surface area contributed by atoms with Crippen molar-refractivity contribution in [1.29, 1.82) is 0 Å². The predicted molar refractivity (Wildman–Crippen MR) is 59.9 cm³/mol. The van der Waals surface area contributed by atoms with Crippen molar-refractivity contribution in [3.63, 3.8) is 0 Å².